The molecule has 0 aromatic carbocycles. The Morgan fingerprint density at radius 3 is 2.70 bits per heavy atom. The highest BCUT2D eigenvalue weighted by molar-refractivity contribution is 5.95. The molecule has 1 atom stereocenters. The maximum atomic E-state index is 12.4. The van der Waals surface area contributed by atoms with Gasteiger partial charge in [-0.05, 0) is 25.7 Å². The van der Waals surface area contributed by atoms with Gasteiger partial charge in [0, 0.05) is 25.5 Å². The van der Waals surface area contributed by atoms with Gasteiger partial charge in [-0.2, -0.15) is 5.10 Å². The summed E-state index contributed by atoms with van der Waals surface area (Å²) in [5, 5.41) is 17.4. The topological polar surface area (TPSA) is 76.4 Å². The molecule has 1 aliphatic heterocycles. The van der Waals surface area contributed by atoms with E-state index in [0.29, 0.717) is 11.6 Å². The number of aliphatic hydroxyl groups is 1. The van der Waals surface area contributed by atoms with Crippen LogP contribution in [0.2, 0.25) is 0 Å². The Kier molecular flexibility index (Phi) is 6.59. The van der Waals surface area contributed by atoms with Gasteiger partial charge >= 0.3 is 0 Å². The number of nitrogens with zero attached hydrogens (tertiary/aromatic N) is 2. The number of aliphatic hydroxyl groups excluding tert-OH is 1. The van der Waals surface area contributed by atoms with Gasteiger partial charge in [-0.1, -0.05) is 26.7 Å². The van der Waals surface area contributed by atoms with Gasteiger partial charge in [-0.25, -0.2) is 0 Å². The zero-order chi connectivity index (χ0) is 16.8. The highest BCUT2D eigenvalue weighted by Gasteiger charge is 2.22. The largest absolute Gasteiger partial charge is 0.391 e. The minimum absolute atomic E-state index is 0.161. The van der Waals surface area contributed by atoms with E-state index in [9.17, 15) is 9.90 Å². The van der Waals surface area contributed by atoms with E-state index in [1.165, 1.54) is 0 Å². The van der Waals surface area contributed by atoms with E-state index in [1.54, 1.807) is 6.20 Å². The Bertz CT molecular complexity index is 505. The second-order valence-electron chi connectivity index (χ2n) is 6.29. The standard InChI is InChI=1S/C17H29N3O3/c1-4-13(5-2)16(21)11-18-17(22)15-10-19-20(12(15)3)14-6-8-23-9-7-14/h10,13-14,16,21H,4-9,11H2,1-3H3,(H,18,22). The summed E-state index contributed by atoms with van der Waals surface area (Å²) in [5.74, 6) is 0.0622. The van der Waals surface area contributed by atoms with Crippen LogP contribution in [0.15, 0.2) is 6.20 Å². The molecule has 1 aliphatic rings. The van der Waals surface area contributed by atoms with Crippen LogP contribution in [0.25, 0.3) is 0 Å². The monoisotopic (exact) mass is 323 g/mol. The first-order valence-electron chi connectivity index (χ1n) is 8.66. The van der Waals surface area contributed by atoms with Gasteiger partial charge in [0.15, 0.2) is 0 Å². The zero-order valence-corrected chi connectivity index (χ0v) is 14.4. The average Bonchev–Trinajstić information content (AvgIpc) is 2.96. The number of carbonyl (C=O) groups is 1. The summed E-state index contributed by atoms with van der Waals surface area (Å²) in [4.78, 5) is 12.4. The van der Waals surface area contributed by atoms with Crippen molar-refractivity contribution in [1.29, 1.82) is 0 Å². The van der Waals surface area contributed by atoms with Crippen molar-refractivity contribution in [2.45, 2.75) is 58.6 Å². The highest BCUT2D eigenvalue weighted by atomic mass is 16.5. The third-order valence-electron chi connectivity index (χ3n) is 4.89. The third kappa shape index (κ3) is 4.32. The fourth-order valence-electron chi connectivity index (χ4n) is 3.24. The summed E-state index contributed by atoms with van der Waals surface area (Å²) in [6.45, 7) is 7.81. The van der Waals surface area contributed by atoms with Gasteiger partial charge in [0.1, 0.15) is 0 Å². The molecular weight excluding hydrogens is 294 g/mol. The van der Waals surface area contributed by atoms with Crippen LogP contribution >= 0.6 is 0 Å². The maximum absolute atomic E-state index is 12.4. The molecule has 1 amide bonds. The number of hydrogen-bond donors (Lipinski definition) is 2. The van der Waals surface area contributed by atoms with Crippen LogP contribution < -0.4 is 5.32 Å². The fraction of sp³-hybridized carbons (Fsp3) is 0.765. The van der Waals surface area contributed by atoms with Crippen molar-refractivity contribution < 1.29 is 14.6 Å². The lowest BCUT2D eigenvalue weighted by molar-refractivity contribution is 0.0656. The molecular formula is C17H29N3O3. The number of ether oxygens (including phenoxy) is 1. The summed E-state index contributed by atoms with van der Waals surface area (Å²) in [7, 11) is 0. The molecule has 1 unspecified atom stereocenters. The van der Waals surface area contributed by atoms with E-state index in [1.807, 2.05) is 11.6 Å². The minimum Gasteiger partial charge on any atom is -0.391 e. The van der Waals surface area contributed by atoms with Gasteiger partial charge in [0.05, 0.1) is 23.9 Å². The summed E-state index contributed by atoms with van der Waals surface area (Å²) in [6, 6.07) is 0.306. The van der Waals surface area contributed by atoms with E-state index < -0.39 is 6.10 Å². The molecule has 6 heteroatoms. The Hall–Kier alpha value is -1.40. The summed E-state index contributed by atoms with van der Waals surface area (Å²) < 4.78 is 7.31. The van der Waals surface area contributed by atoms with Crippen molar-refractivity contribution >= 4 is 5.91 Å². The van der Waals surface area contributed by atoms with Crippen molar-refractivity contribution in [3.63, 3.8) is 0 Å². The Morgan fingerprint density at radius 2 is 2.09 bits per heavy atom. The number of amides is 1. The molecule has 1 aromatic heterocycles. The molecule has 23 heavy (non-hydrogen) atoms. The first-order valence-corrected chi connectivity index (χ1v) is 8.66. The zero-order valence-electron chi connectivity index (χ0n) is 14.4. The predicted octanol–water partition coefficient (Wildman–Crippen LogP) is 2.07. The number of rotatable bonds is 7. The SMILES string of the molecule is CCC(CC)C(O)CNC(=O)c1cnn(C2CCOCC2)c1C. The summed E-state index contributed by atoms with van der Waals surface area (Å²) in [6.07, 6.45) is 4.81. The lowest BCUT2D eigenvalue weighted by atomic mass is 9.96. The molecule has 1 aromatic rings. The van der Waals surface area contributed by atoms with Crippen LogP contribution in [0.3, 0.4) is 0 Å². The highest BCUT2D eigenvalue weighted by Crippen LogP contribution is 2.23. The first-order chi connectivity index (χ1) is 11.1. The van der Waals surface area contributed by atoms with Gasteiger partial charge in [0.2, 0.25) is 0 Å². The first kappa shape index (κ1) is 17.9. The Morgan fingerprint density at radius 1 is 1.43 bits per heavy atom. The molecule has 1 fully saturated rings. The quantitative estimate of drug-likeness (QED) is 0.805. The molecule has 2 N–H and O–H groups in total. The van der Waals surface area contributed by atoms with Crippen LogP contribution in [0, 0.1) is 12.8 Å². The molecule has 0 radical (unpaired) electrons. The molecule has 1 saturated heterocycles. The van der Waals surface area contributed by atoms with Crippen LogP contribution in [0.1, 0.15) is 61.6 Å². The molecule has 0 bridgehead atoms. The molecule has 2 rings (SSSR count). The lowest BCUT2D eigenvalue weighted by Gasteiger charge is -2.23. The van der Waals surface area contributed by atoms with Crippen LogP contribution in [-0.2, 0) is 4.74 Å². The van der Waals surface area contributed by atoms with E-state index in [4.69, 9.17) is 4.74 Å². The van der Waals surface area contributed by atoms with Gasteiger partial charge < -0.3 is 15.2 Å². The summed E-state index contributed by atoms with van der Waals surface area (Å²) in [5.41, 5.74) is 1.47. The van der Waals surface area contributed by atoms with E-state index in [-0.39, 0.29) is 18.4 Å². The van der Waals surface area contributed by atoms with Crippen molar-refractivity contribution in [2.24, 2.45) is 5.92 Å². The fourth-order valence-corrected chi connectivity index (χ4v) is 3.24. The van der Waals surface area contributed by atoms with Crippen molar-refractivity contribution in [2.75, 3.05) is 19.8 Å². The van der Waals surface area contributed by atoms with Crippen LogP contribution in [0.5, 0.6) is 0 Å². The van der Waals surface area contributed by atoms with E-state index >= 15 is 0 Å². The normalized spacial score (nSPS) is 17.4. The molecule has 6 nitrogen and oxygen atoms in total. The minimum atomic E-state index is -0.500. The van der Waals surface area contributed by atoms with Gasteiger partial charge in [0.25, 0.3) is 5.91 Å². The number of nitrogens with one attached hydrogen (secondary N) is 1. The second-order valence-corrected chi connectivity index (χ2v) is 6.29. The third-order valence-corrected chi connectivity index (χ3v) is 4.89. The van der Waals surface area contributed by atoms with Gasteiger partial charge in [-0.15, -0.1) is 0 Å². The average molecular weight is 323 g/mol. The summed E-state index contributed by atoms with van der Waals surface area (Å²) >= 11 is 0. The van der Waals surface area contributed by atoms with Crippen molar-refractivity contribution in [3.8, 4) is 0 Å². The maximum Gasteiger partial charge on any atom is 0.254 e. The Balaban J connectivity index is 1.96. The van der Waals surface area contributed by atoms with Crippen LogP contribution in [-0.4, -0.2) is 46.7 Å². The number of hydrogen-bond acceptors (Lipinski definition) is 4. The molecule has 0 spiro atoms. The van der Waals surface area contributed by atoms with E-state index in [0.717, 1.165) is 44.6 Å². The second kappa shape index (κ2) is 8.45. The van der Waals surface area contributed by atoms with Crippen molar-refractivity contribution in [1.82, 2.24) is 15.1 Å². The van der Waals surface area contributed by atoms with E-state index in [2.05, 4.69) is 24.3 Å². The van der Waals surface area contributed by atoms with Gasteiger partial charge in [-0.3, -0.25) is 9.48 Å². The molecule has 2 heterocycles. The number of carbonyl (C=O) groups excluding carboxylic acids is 1. The molecule has 0 aliphatic carbocycles. The smallest absolute Gasteiger partial charge is 0.254 e. The lowest BCUT2D eigenvalue weighted by Crippen LogP contribution is -2.36. The molecule has 0 saturated carbocycles. The van der Waals surface area contributed by atoms with Crippen molar-refractivity contribution in [3.05, 3.63) is 17.5 Å². The predicted molar refractivity (Wildman–Crippen MR) is 88.5 cm³/mol. The molecule has 130 valence electrons. The Labute approximate surface area is 138 Å². The van der Waals surface area contributed by atoms with Crippen LogP contribution in [0.4, 0.5) is 0 Å². The number of aromatic nitrogens is 2.